The van der Waals surface area contributed by atoms with Gasteiger partial charge in [0, 0.05) is 24.0 Å². The van der Waals surface area contributed by atoms with Gasteiger partial charge in [-0.3, -0.25) is 4.98 Å². The van der Waals surface area contributed by atoms with E-state index in [0.29, 0.717) is 17.5 Å². The molecule has 26 heavy (non-hydrogen) atoms. The van der Waals surface area contributed by atoms with E-state index >= 15 is 0 Å². The summed E-state index contributed by atoms with van der Waals surface area (Å²) in [6, 6.07) is 13.5. The van der Waals surface area contributed by atoms with Crippen LogP contribution in [0.4, 0.5) is 17.5 Å². The van der Waals surface area contributed by atoms with Crippen LogP contribution in [0.1, 0.15) is 18.1 Å². The lowest BCUT2D eigenvalue weighted by Crippen LogP contribution is -2.21. The third-order valence-corrected chi connectivity index (χ3v) is 4.17. The van der Waals surface area contributed by atoms with E-state index in [2.05, 4.69) is 45.5 Å². The first kappa shape index (κ1) is 17.8. The van der Waals surface area contributed by atoms with Crippen molar-refractivity contribution in [1.29, 1.82) is 0 Å². The average molecular weight is 349 g/mol. The fourth-order valence-electron chi connectivity index (χ4n) is 2.51. The summed E-state index contributed by atoms with van der Waals surface area (Å²) in [5.41, 5.74) is 4.85. The van der Waals surface area contributed by atoms with Crippen LogP contribution in [0.3, 0.4) is 0 Å². The van der Waals surface area contributed by atoms with Gasteiger partial charge in [-0.1, -0.05) is 18.2 Å². The van der Waals surface area contributed by atoms with Crippen LogP contribution in [0, 0.1) is 13.8 Å². The summed E-state index contributed by atoms with van der Waals surface area (Å²) in [7, 11) is 0. The summed E-state index contributed by atoms with van der Waals surface area (Å²) in [4.78, 5) is 13.5. The lowest BCUT2D eigenvalue weighted by Gasteiger charge is -2.15. The highest BCUT2D eigenvalue weighted by Gasteiger charge is 2.11. The van der Waals surface area contributed by atoms with Crippen LogP contribution in [-0.4, -0.2) is 32.7 Å². The Morgan fingerprint density at radius 2 is 1.88 bits per heavy atom. The number of nitrogens with one attached hydrogen (secondary N) is 2. The molecule has 134 valence electrons. The van der Waals surface area contributed by atoms with Crippen molar-refractivity contribution in [3.63, 3.8) is 0 Å². The highest BCUT2D eigenvalue weighted by molar-refractivity contribution is 5.67. The molecule has 3 aromatic rings. The molecular formula is C20H23N5O. The van der Waals surface area contributed by atoms with Crippen molar-refractivity contribution in [3.8, 4) is 11.4 Å². The van der Waals surface area contributed by atoms with E-state index in [1.807, 2.05) is 43.3 Å². The number of hydrogen-bond donors (Lipinski definition) is 3. The number of aromatic nitrogens is 3. The Bertz CT molecular complexity index is 883. The van der Waals surface area contributed by atoms with E-state index < -0.39 is 0 Å². The average Bonchev–Trinajstić information content (AvgIpc) is 2.66. The topological polar surface area (TPSA) is 83.0 Å². The summed E-state index contributed by atoms with van der Waals surface area (Å²) >= 11 is 0. The smallest absolute Gasteiger partial charge is 0.225 e. The summed E-state index contributed by atoms with van der Waals surface area (Å²) in [6.07, 6.45) is 1.73. The van der Waals surface area contributed by atoms with Crippen molar-refractivity contribution >= 4 is 17.5 Å². The zero-order chi connectivity index (χ0) is 18.5. The fourth-order valence-corrected chi connectivity index (χ4v) is 2.51. The summed E-state index contributed by atoms with van der Waals surface area (Å²) in [6.45, 7) is 6.02. The minimum atomic E-state index is -0.150. The first-order valence-corrected chi connectivity index (χ1v) is 8.58. The maximum atomic E-state index is 9.31. The van der Waals surface area contributed by atoms with Crippen LogP contribution in [0.25, 0.3) is 11.4 Å². The number of aryl methyl sites for hydroxylation is 1. The predicted octanol–water partition coefficient (Wildman–Crippen LogP) is 3.69. The quantitative estimate of drug-likeness (QED) is 0.629. The van der Waals surface area contributed by atoms with Gasteiger partial charge in [-0.15, -0.1) is 0 Å². The monoisotopic (exact) mass is 349 g/mol. The zero-order valence-corrected chi connectivity index (χ0v) is 15.2. The van der Waals surface area contributed by atoms with Gasteiger partial charge in [0.2, 0.25) is 5.95 Å². The molecule has 0 aliphatic rings. The molecule has 0 saturated heterocycles. The zero-order valence-electron chi connectivity index (χ0n) is 15.2. The van der Waals surface area contributed by atoms with Crippen LogP contribution in [0.5, 0.6) is 0 Å². The van der Waals surface area contributed by atoms with Gasteiger partial charge in [0.25, 0.3) is 0 Å². The summed E-state index contributed by atoms with van der Waals surface area (Å²) in [5, 5.41) is 15.8. The second-order valence-corrected chi connectivity index (χ2v) is 6.28. The van der Waals surface area contributed by atoms with E-state index in [4.69, 9.17) is 0 Å². The number of nitrogens with zero attached hydrogens (tertiary/aromatic N) is 3. The van der Waals surface area contributed by atoms with E-state index in [9.17, 15) is 5.11 Å². The van der Waals surface area contributed by atoms with Crippen LogP contribution in [0.15, 0.2) is 48.7 Å². The summed E-state index contributed by atoms with van der Waals surface area (Å²) < 4.78 is 0. The highest BCUT2D eigenvalue weighted by Crippen LogP contribution is 2.25. The van der Waals surface area contributed by atoms with Crippen molar-refractivity contribution in [3.05, 3.63) is 59.8 Å². The molecule has 0 radical (unpaired) electrons. The Hall–Kier alpha value is -2.99. The number of hydrogen-bond acceptors (Lipinski definition) is 6. The first-order chi connectivity index (χ1) is 12.6. The van der Waals surface area contributed by atoms with Crippen LogP contribution in [-0.2, 0) is 0 Å². The van der Waals surface area contributed by atoms with E-state index in [1.165, 1.54) is 11.1 Å². The number of rotatable bonds is 6. The van der Waals surface area contributed by atoms with Gasteiger partial charge in [0.1, 0.15) is 5.82 Å². The molecule has 6 nitrogen and oxygen atoms in total. The molecule has 1 atom stereocenters. The van der Waals surface area contributed by atoms with Crippen molar-refractivity contribution in [2.75, 3.05) is 17.2 Å². The number of aliphatic hydroxyl groups is 1. The molecule has 0 unspecified atom stereocenters. The third kappa shape index (κ3) is 4.15. The molecule has 1 aromatic carbocycles. The molecule has 0 aliphatic heterocycles. The second kappa shape index (κ2) is 7.93. The van der Waals surface area contributed by atoms with Crippen LogP contribution in [0.2, 0.25) is 0 Å². The molecule has 2 aromatic heterocycles. The van der Waals surface area contributed by atoms with Gasteiger partial charge in [-0.25, -0.2) is 4.98 Å². The lowest BCUT2D eigenvalue weighted by molar-refractivity contribution is 0.281. The maximum absolute atomic E-state index is 9.31. The van der Waals surface area contributed by atoms with Gasteiger partial charge < -0.3 is 15.7 Å². The molecular weight excluding hydrogens is 326 g/mol. The number of benzene rings is 1. The van der Waals surface area contributed by atoms with Gasteiger partial charge >= 0.3 is 0 Å². The van der Waals surface area contributed by atoms with Crippen molar-refractivity contribution in [1.82, 2.24) is 15.0 Å². The van der Waals surface area contributed by atoms with Crippen molar-refractivity contribution in [2.45, 2.75) is 26.8 Å². The first-order valence-electron chi connectivity index (χ1n) is 8.58. The van der Waals surface area contributed by atoms with E-state index in [0.717, 1.165) is 11.4 Å². The van der Waals surface area contributed by atoms with Gasteiger partial charge in [0.15, 0.2) is 0 Å². The lowest BCUT2D eigenvalue weighted by atomic mass is 10.1. The van der Waals surface area contributed by atoms with Gasteiger partial charge in [0.05, 0.1) is 18.0 Å². The van der Waals surface area contributed by atoms with E-state index in [1.54, 1.807) is 6.20 Å². The molecule has 0 bridgehead atoms. The normalized spacial score (nSPS) is 11.8. The Kier molecular flexibility index (Phi) is 5.43. The molecule has 0 saturated carbocycles. The molecule has 0 fully saturated rings. The number of anilines is 3. The maximum Gasteiger partial charge on any atom is 0.225 e. The van der Waals surface area contributed by atoms with Crippen molar-refractivity contribution < 1.29 is 5.11 Å². The molecule has 2 heterocycles. The SMILES string of the molecule is Cc1cccc(Nc2cc(-c3ccccn3)nc(N[C@H](C)CO)n2)c1C. The molecule has 0 spiro atoms. The Morgan fingerprint density at radius 1 is 1.04 bits per heavy atom. The molecule has 3 rings (SSSR count). The van der Waals surface area contributed by atoms with Gasteiger partial charge in [-0.2, -0.15) is 4.98 Å². The Morgan fingerprint density at radius 3 is 2.62 bits per heavy atom. The third-order valence-electron chi connectivity index (χ3n) is 4.17. The van der Waals surface area contributed by atoms with Crippen LogP contribution >= 0.6 is 0 Å². The highest BCUT2D eigenvalue weighted by atomic mass is 16.3. The van der Waals surface area contributed by atoms with Crippen molar-refractivity contribution in [2.24, 2.45) is 0 Å². The predicted molar refractivity (Wildman–Crippen MR) is 105 cm³/mol. The second-order valence-electron chi connectivity index (χ2n) is 6.28. The van der Waals surface area contributed by atoms with Gasteiger partial charge in [-0.05, 0) is 50.1 Å². The molecule has 6 heteroatoms. The molecule has 0 amide bonds. The largest absolute Gasteiger partial charge is 0.394 e. The molecule has 0 aliphatic carbocycles. The number of aliphatic hydroxyl groups excluding tert-OH is 1. The van der Waals surface area contributed by atoms with Crippen LogP contribution < -0.4 is 10.6 Å². The standard InChI is InChI=1S/C20H23N5O/c1-13-7-6-9-16(15(13)3)23-19-11-18(17-8-4-5-10-21-17)24-20(25-19)22-14(2)12-26/h4-11,14,26H,12H2,1-3H3,(H2,22,23,24,25)/t14-/m1/s1. The minimum absolute atomic E-state index is 0.00305. The van der Waals surface area contributed by atoms with E-state index in [-0.39, 0.29) is 12.6 Å². The molecule has 3 N–H and O–H groups in total. The summed E-state index contributed by atoms with van der Waals surface area (Å²) in [5.74, 6) is 1.12. The fraction of sp³-hybridized carbons (Fsp3) is 0.250. The number of pyridine rings is 1. The Balaban J connectivity index is 2.00. The minimum Gasteiger partial charge on any atom is -0.394 e. The Labute approximate surface area is 153 Å².